The Bertz CT molecular complexity index is 455. The number of halogens is 1. The van der Waals surface area contributed by atoms with Crippen molar-refractivity contribution in [2.45, 2.75) is 30.7 Å². The number of sulfonamides is 1. The largest absolute Gasteiger partial charge is 0.395 e. The zero-order valence-corrected chi connectivity index (χ0v) is 11.8. The van der Waals surface area contributed by atoms with Crippen molar-refractivity contribution >= 4 is 21.6 Å². The topological polar surface area (TPSA) is 66.4 Å². The van der Waals surface area contributed by atoms with Crippen molar-refractivity contribution < 1.29 is 13.5 Å². The molecule has 0 saturated heterocycles. The third kappa shape index (κ3) is 4.24. The van der Waals surface area contributed by atoms with Crippen molar-refractivity contribution in [2.24, 2.45) is 0 Å². The lowest BCUT2D eigenvalue weighted by Gasteiger charge is -2.14. The van der Waals surface area contributed by atoms with Crippen molar-refractivity contribution in [2.75, 3.05) is 12.5 Å². The molecule has 2 N–H and O–H groups in total. The normalized spacial score (nSPS) is 13.5. The maximum absolute atomic E-state index is 12.0. The monoisotopic (exact) mass is 291 g/mol. The second kappa shape index (κ2) is 7.09. The Labute approximate surface area is 113 Å². The standard InChI is InChI=1S/C12H18ClNO3S/c1-2-11(9-15)14-18(16,17)12-5-3-10(4-6-12)7-8-13/h3-6,11,14-15H,2,7-9H2,1H3. The average Bonchev–Trinajstić information content (AvgIpc) is 2.37. The molecule has 4 nitrogen and oxygen atoms in total. The highest BCUT2D eigenvalue weighted by molar-refractivity contribution is 7.89. The van der Waals surface area contributed by atoms with Gasteiger partial charge in [0.2, 0.25) is 10.0 Å². The Morgan fingerprint density at radius 1 is 1.33 bits per heavy atom. The van der Waals surface area contributed by atoms with Crippen LogP contribution in [0.5, 0.6) is 0 Å². The molecular weight excluding hydrogens is 274 g/mol. The predicted molar refractivity (Wildman–Crippen MR) is 72.4 cm³/mol. The molecule has 0 bridgehead atoms. The average molecular weight is 292 g/mol. The highest BCUT2D eigenvalue weighted by Gasteiger charge is 2.18. The summed E-state index contributed by atoms with van der Waals surface area (Å²) in [6.07, 6.45) is 1.25. The van der Waals surface area contributed by atoms with Gasteiger partial charge in [0, 0.05) is 11.9 Å². The van der Waals surface area contributed by atoms with Crippen LogP contribution in [0.15, 0.2) is 29.2 Å². The zero-order valence-electron chi connectivity index (χ0n) is 10.3. The minimum absolute atomic E-state index is 0.202. The third-order valence-electron chi connectivity index (χ3n) is 2.65. The first-order valence-electron chi connectivity index (χ1n) is 5.81. The van der Waals surface area contributed by atoms with E-state index in [4.69, 9.17) is 16.7 Å². The molecule has 0 aromatic heterocycles. The van der Waals surface area contributed by atoms with Crippen molar-refractivity contribution in [1.29, 1.82) is 0 Å². The smallest absolute Gasteiger partial charge is 0.240 e. The summed E-state index contributed by atoms with van der Waals surface area (Å²) in [7, 11) is -3.56. The molecule has 102 valence electrons. The number of aryl methyl sites for hydroxylation is 1. The molecule has 1 rings (SSSR count). The van der Waals surface area contributed by atoms with Gasteiger partial charge >= 0.3 is 0 Å². The summed E-state index contributed by atoms with van der Waals surface area (Å²) in [6.45, 7) is 1.60. The van der Waals surface area contributed by atoms with E-state index in [-0.39, 0.29) is 11.5 Å². The molecule has 0 amide bonds. The number of benzene rings is 1. The molecule has 1 unspecified atom stereocenters. The first-order chi connectivity index (χ1) is 8.53. The van der Waals surface area contributed by atoms with E-state index >= 15 is 0 Å². The van der Waals surface area contributed by atoms with Crippen LogP contribution in [0.2, 0.25) is 0 Å². The summed E-state index contributed by atoms with van der Waals surface area (Å²) in [5.41, 5.74) is 0.998. The Kier molecular flexibility index (Phi) is 6.08. The molecule has 0 spiro atoms. The van der Waals surface area contributed by atoms with Gasteiger partial charge in [-0.25, -0.2) is 13.1 Å². The van der Waals surface area contributed by atoms with Crippen molar-refractivity contribution in [3.05, 3.63) is 29.8 Å². The van der Waals surface area contributed by atoms with Crippen LogP contribution in [-0.4, -0.2) is 32.1 Å². The van der Waals surface area contributed by atoms with Gasteiger partial charge in [-0.1, -0.05) is 19.1 Å². The van der Waals surface area contributed by atoms with Gasteiger partial charge in [0.25, 0.3) is 0 Å². The second-order valence-corrected chi connectivity index (χ2v) is 6.08. The van der Waals surface area contributed by atoms with Crippen molar-refractivity contribution in [3.8, 4) is 0 Å². The lowest BCUT2D eigenvalue weighted by Crippen LogP contribution is -2.36. The molecule has 1 atom stereocenters. The van der Waals surface area contributed by atoms with E-state index in [1.165, 1.54) is 0 Å². The summed E-state index contributed by atoms with van der Waals surface area (Å²) < 4.78 is 26.4. The third-order valence-corrected chi connectivity index (χ3v) is 4.38. The highest BCUT2D eigenvalue weighted by Crippen LogP contribution is 2.12. The van der Waals surface area contributed by atoms with Crippen LogP contribution in [0.25, 0.3) is 0 Å². The molecular formula is C12H18ClNO3S. The summed E-state index contributed by atoms with van der Waals surface area (Å²) in [6, 6.07) is 6.15. The van der Waals surface area contributed by atoms with Crippen LogP contribution in [0.1, 0.15) is 18.9 Å². The van der Waals surface area contributed by atoms with Crippen LogP contribution in [0.3, 0.4) is 0 Å². The number of rotatable bonds is 7. The van der Waals surface area contributed by atoms with Crippen LogP contribution < -0.4 is 4.72 Å². The molecule has 0 aliphatic heterocycles. The van der Waals surface area contributed by atoms with E-state index < -0.39 is 16.1 Å². The van der Waals surface area contributed by atoms with E-state index in [1.54, 1.807) is 24.3 Å². The van der Waals surface area contributed by atoms with Crippen molar-refractivity contribution in [3.63, 3.8) is 0 Å². The lowest BCUT2D eigenvalue weighted by atomic mass is 10.2. The molecule has 6 heteroatoms. The van der Waals surface area contributed by atoms with Gasteiger partial charge in [0.15, 0.2) is 0 Å². The fourth-order valence-corrected chi connectivity index (χ4v) is 3.01. The minimum atomic E-state index is -3.56. The maximum atomic E-state index is 12.0. The predicted octanol–water partition coefficient (Wildman–Crippen LogP) is 1.52. The van der Waals surface area contributed by atoms with Gasteiger partial charge in [-0.15, -0.1) is 11.6 Å². The van der Waals surface area contributed by atoms with Gasteiger partial charge in [-0.05, 0) is 30.5 Å². The molecule has 0 aliphatic rings. The first kappa shape index (κ1) is 15.4. The molecule has 1 aromatic rings. The number of aliphatic hydroxyl groups excluding tert-OH is 1. The summed E-state index contributed by atoms with van der Waals surface area (Å²) in [5.74, 6) is 0.507. The van der Waals surface area contributed by atoms with E-state index in [0.29, 0.717) is 18.7 Å². The van der Waals surface area contributed by atoms with Crippen LogP contribution >= 0.6 is 11.6 Å². The summed E-state index contributed by atoms with van der Waals surface area (Å²) >= 11 is 5.61. The lowest BCUT2D eigenvalue weighted by molar-refractivity contribution is 0.254. The second-order valence-electron chi connectivity index (χ2n) is 3.99. The molecule has 0 fully saturated rings. The van der Waals surface area contributed by atoms with E-state index in [1.807, 2.05) is 6.92 Å². The number of hydrogen-bond acceptors (Lipinski definition) is 3. The molecule has 0 aliphatic carbocycles. The summed E-state index contributed by atoms with van der Waals surface area (Å²) in [4.78, 5) is 0.202. The Hall–Kier alpha value is -0.620. The molecule has 0 heterocycles. The van der Waals surface area contributed by atoms with E-state index in [9.17, 15) is 8.42 Å². The minimum Gasteiger partial charge on any atom is -0.395 e. The van der Waals surface area contributed by atoms with Gasteiger partial charge in [0.05, 0.1) is 11.5 Å². The van der Waals surface area contributed by atoms with E-state index in [0.717, 1.165) is 5.56 Å². The number of alkyl halides is 1. The Morgan fingerprint density at radius 3 is 2.39 bits per heavy atom. The van der Waals surface area contributed by atoms with Crippen molar-refractivity contribution in [1.82, 2.24) is 4.72 Å². The van der Waals surface area contributed by atoms with Crippen LogP contribution in [0.4, 0.5) is 0 Å². The number of hydrogen-bond donors (Lipinski definition) is 2. The van der Waals surface area contributed by atoms with Gasteiger partial charge in [0.1, 0.15) is 0 Å². The van der Waals surface area contributed by atoms with Gasteiger partial charge in [-0.3, -0.25) is 0 Å². The quantitative estimate of drug-likeness (QED) is 0.749. The van der Waals surface area contributed by atoms with Gasteiger partial charge < -0.3 is 5.11 Å². The fraction of sp³-hybridized carbons (Fsp3) is 0.500. The fourth-order valence-electron chi connectivity index (χ4n) is 1.48. The Balaban J connectivity index is 2.84. The number of nitrogens with one attached hydrogen (secondary N) is 1. The van der Waals surface area contributed by atoms with Crippen LogP contribution in [0, 0.1) is 0 Å². The zero-order chi connectivity index (χ0) is 13.6. The molecule has 1 aromatic carbocycles. The molecule has 18 heavy (non-hydrogen) atoms. The Morgan fingerprint density at radius 2 is 1.94 bits per heavy atom. The first-order valence-corrected chi connectivity index (χ1v) is 7.83. The molecule has 0 radical (unpaired) electrons. The maximum Gasteiger partial charge on any atom is 0.240 e. The number of aliphatic hydroxyl groups is 1. The van der Waals surface area contributed by atoms with E-state index in [2.05, 4.69) is 4.72 Å². The highest BCUT2D eigenvalue weighted by atomic mass is 35.5. The SMILES string of the molecule is CCC(CO)NS(=O)(=O)c1ccc(CCCl)cc1. The molecule has 0 saturated carbocycles. The summed E-state index contributed by atoms with van der Waals surface area (Å²) in [5, 5.41) is 9.01. The van der Waals surface area contributed by atoms with Crippen LogP contribution in [-0.2, 0) is 16.4 Å². The van der Waals surface area contributed by atoms with Gasteiger partial charge in [-0.2, -0.15) is 0 Å².